The molecule has 0 atom stereocenters. The Labute approximate surface area is 113 Å². The van der Waals surface area contributed by atoms with Gasteiger partial charge in [-0.3, -0.25) is 4.98 Å². The predicted molar refractivity (Wildman–Crippen MR) is 75.4 cm³/mol. The standard InChI is InChI=1S/C15H18N2O2/c1-18-9-10-19-15-7-4-6-13(11-15)17-12-14-5-2-3-8-16-14/h2-8,11,17H,9-10,12H2,1H3. The Morgan fingerprint density at radius 2 is 2.05 bits per heavy atom. The highest BCUT2D eigenvalue weighted by atomic mass is 16.5. The molecule has 2 rings (SSSR count). The lowest BCUT2D eigenvalue weighted by atomic mass is 10.3. The van der Waals surface area contributed by atoms with Crippen molar-refractivity contribution in [3.8, 4) is 5.75 Å². The maximum atomic E-state index is 5.56. The SMILES string of the molecule is COCCOc1cccc(NCc2ccccn2)c1. The number of pyridine rings is 1. The van der Waals surface area contributed by atoms with Crippen molar-refractivity contribution in [1.29, 1.82) is 0 Å². The molecule has 0 aliphatic carbocycles. The van der Waals surface area contributed by atoms with Crippen LogP contribution in [0.1, 0.15) is 5.69 Å². The minimum atomic E-state index is 0.556. The second-order valence-corrected chi connectivity index (χ2v) is 4.04. The van der Waals surface area contributed by atoms with E-state index in [2.05, 4.69) is 10.3 Å². The molecule has 2 aromatic rings. The maximum Gasteiger partial charge on any atom is 0.121 e. The Morgan fingerprint density at radius 1 is 1.11 bits per heavy atom. The van der Waals surface area contributed by atoms with Crippen LogP contribution in [-0.4, -0.2) is 25.3 Å². The van der Waals surface area contributed by atoms with Crippen LogP contribution in [0.3, 0.4) is 0 Å². The van der Waals surface area contributed by atoms with E-state index in [1.165, 1.54) is 0 Å². The van der Waals surface area contributed by atoms with E-state index < -0.39 is 0 Å². The molecule has 0 aliphatic heterocycles. The molecule has 0 radical (unpaired) electrons. The van der Waals surface area contributed by atoms with Gasteiger partial charge >= 0.3 is 0 Å². The molecular weight excluding hydrogens is 240 g/mol. The number of nitrogens with one attached hydrogen (secondary N) is 1. The summed E-state index contributed by atoms with van der Waals surface area (Å²) in [5.74, 6) is 0.836. The van der Waals surface area contributed by atoms with Crippen LogP contribution in [0, 0.1) is 0 Å². The first kappa shape index (κ1) is 13.4. The number of hydrogen-bond acceptors (Lipinski definition) is 4. The van der Waals surface area contributed by atoms with Crippen molar-refractivity contribution in [3.05, 3.63) is 54.4 Å². The van der Waals surface area contributed by atoms with Gasteiger partial charge in [-0.25, -0.2) is 0 Å². The van der Waals surface area contributed by atoms with Crippen LogP contribution in [-0.2, 0) is 11.3 Å². The van der Waals surface area contributed by atoms with Crippen LogP contribution < -0.4 is 10.1 Å². The van der Waals surface area contributed by atoms with Gasteiger partial charge in [-0.1, -0.05) is 12.1 Å². The summed E-state index contributed by atoms with van der Waals surface area (Å²) in [7, 11) is 1.66. The van der Waals surface area contributed by atoms with Gasteiger partial charge in [-0.2, -0.15) is 0 Å². The van der Waals surface area contributed by atoms with Crippen LogP contribution in [0.2, 0.25) is 0 Å². The van der Waals surface area contributed by atoms with Crippen LogP contribution in [0.15, 0.2) is 48.7 Å². The fraction of sp³-hybridized carbons (Fsp3) is 0.267. The first-order valence-electron chi connectivity index (χ1n) is 6.24. The number of anilines is 1. The molecule has 0 spiro atoms. The quantitative estimate of drug-likeness (QED) is 0.775. The number of rotatable bonds is 7. The molecule has 1 heterocycles. The van der Waals surface area contributed by atoms with Gasteiger partial charge in [0.05, 0.1) is 18.8 Å². The zero-order chi connectivity index (χ0) is 13.3. The van der Waals surface area contributed by atoms with Crippen LogP contribution in [0.5, 0.6) is 5.75 Å². The van der Waals surface area contributed by atoms with Crippen LogP contribution in [0.25, 0.3) is 0 Å². The zero-order valence-corrected chi connectivity index (χ0v) is 11.0. The van der Waals surface area contributed by atoms with Gasteiger partial charge in [0, 0.05) is 25.1 Å². The minimum Gasteiger partial charge on any atom is -0.491 e. The molecular formula is C15H18N2O2. The molecule has 100 valence electrons. The van der Waals surface area contributed by atoms with E-state index in [4.69, 9.17) is 9.47 Å². The van der Waals surface area contributed by atoms with E-state index in [0.717, 1.165) is 17.1 Å². The van der Waals surface area contributed by atoms with E-state index in [0.29, 0.717) is 19.8 Å². The van der Waals surface area contributed by atoms with Crippen molar-refractivity contribution in [3.63, 3.8) is 0 Å². The highest BCUT2D eigenvalue weighted by Crippen LogP contribution is 2.17. The molecule has 19 heavy (non-hydrogen) atoms. The van der Waals surface area contributed by atoms with Crippen molar-refractivity contribution in [2.45, 2.75) is 6.54 Å². The zero-order valence-electron chi connectivity index (χ0n) is 11.0. The first-order valence-corrected chi connectivity index (χ1v) is 6.24. The van der Waals surface area contributed by atoms with E-state index in [9.17, 15) is 0 Å². The summed E-state index contributed by atoms with van der Waals surface area (Å²) in [6, 6.07) is 13.8. The molecule has 4 heteroatoms. The van der Waals surface area contributed by atoms with Crippen molar-refractivity contribution in [2.24, 2.45) is 0 Å². The summed E-state index contributed by atoms with van der Waals surface area (Å²) in [4.78, 5) is 4.27. The predicted octanol–water partition coefficient (Wildman–Crippen LogP) is 2.72. The summed E-state index contributed by atoms with van der Waals surface area (Å²) in [6.07, 6.45) is 1.79. The highest BCUT2D eigenvalue weighted by molar-refractivity contribution is 5.48. The Bertz CT molecular complexity index is 489. The Balaban J connectivity index is 1.88. The average molecular weight is 258 g/mol. The largest absolute Gasteiger partial charge is 0.491 e. The Morgan fingerprint density at radius 3 is 2.84 bits per heavy atom. The topological polar surface area (TPSA) is 43.4 Å². The first-order chi connectivity index (χ1) is 9.38. The van der Waals surface area contributed by atoms with Crippen LogP contribution >= 0.6 is 0 Å². The van der Waals surface area contributed by atoms with Gasteiger partial charge in [-0.15, -0.1) is 0 Å². The lowest BCUT2D eigenvalue weighted by Gasteiger charge is -2.09. The number of methoxy groups -OCH3 is 1. The summed E-state index contributed by atoms with van der Waals surface area (Å²) in [5.41, 5.74) is 2.02. The van der Waals surface area contributed by atoms with Crippen molar-refractivity contribution >= 4 is 5.69 Å². The number of benzene rings is 1. The van der Waals surface area contributed by atoms with Crippen LogP contribution in [0.4, 0.5) is 5.69 Å². The van der Waals surface area contributed by atoms with E-state index >= 15 is 0 Å². The molecule has 0 aliphatic rings. The molecule has 1 aromatic carbocycles. The van der Waals surface area contributed by atoms with E-state index in [-0.39, 0.29) is 0 Å². The molecule has 1 N–H and O–H groups in total. The summed E-state index contributed by atoms with van der Waals surface area (Å²) < 4.78 is 10.5. The fourth-order valence-electron chi connectivity index (χ4n) is 1.63. The summed E-state index contributed by atoms with van der Waals surface area (Å²) in [6.45, 7) is 1.84. The lowest BCUT2D eigenvalue weighted by molar-refractivity contribution is 0.146. The second-order valence-electron chi connectivity index (χ2n) is 4.04. The molecule has 0 saturated heterocycles. The fourth-order valence-corrected chi connectivity index (χ4v) is 1.63. The molecule has 1 aromatic heterocycles. The molecule has 4 nitrogen and oxygen atoms in total. The van der Waals surface area contributed by atoms with Gasteiger partial charge in [-0.05, 0) is 24.3 Å². The minimum absolute atomic E-state index is 0.556. The third kappa shape index (κ3) is 4.60. The molecule has 0 saturated carbocycles. The summed E-state index contributed by atoms with van der Waals surface area (Å²) >= 11 is 0. The van der Waals surface area contributed by atoms with Gasteiger partial charge in [0.25, 0.3) is 0 Å². The number of ether oxygens (including phenoxy) is 2. The normalized spacial score (nSPS) is 10.2. The molecule has 0 amide bonds. The Kier molecular flexibility index (Phi) is 5.19. The number of aromatic nitrogens is 1. The Hall–Kier alpha value is -2.07. The van der Waals surface area contributed by atoms with Crippen molar-refractivity contribution in [1.82, 2.24) is 4.98 Å². The number of nitrogens with zero attached hydrogens (tertiary/aromatic N) is 1. The molecule has 0 bridgehead atoms. The average Bonchev–Trinajstić information content (AvgIpc) is 2.47. The number of hydrogen-bond donors (Lipinski definition) is 1. The van der Waals surface area contributed by atoms with E-state index in [1.54, 1.807) is 13.3 Å². The third-order valence-corrected chi connectivity index (χ3v) is 2.59. The van der Waals surface area contributed by atoms with Crippen molar-refractivity contribution in [2.75, 3.05) is 25.6 Å². The van der Waals surface area contributed by atoms with E-state index in [1.807, 2.05) is 42.5 Å². The highest BCUT2D eigenvalue weighted by Gasteiger charge is 1.98. The van der Waals surface area contributed by atoms with Gasteiger partial charge in [0.2, 0.25) is 0 Å². The van der Waals surface area contributed by atoms with Gasteiger partial charge < -0.3 is 14.8 Å². The smallest absolute Gasteiger partial charge is 0.121 e. The van der Waals surface area contributed by atoms with Gasteiger partial charge in [0.15, 0.2) is 0 Å². The molecule has 0 unspecified atom stereocenters. The third-order valence-electron chi connectivity index (χ3n) is 2.59. The second kappa shape index (κ2) is 7.38. The molecule has 0 fully saturated rings. The monoisotopic (exact) mass is 258 g/mol. The summed E-state index contributed by atoms with van der Waals surface area (Å²) in [5, 5.41) is 3.32. The maximum absolute atomic E-state index is 5.56. The van der Waals surface area contributed by atoms with Crippen molar-refractivity contribution < 1.29 is 9.47 Å². The van der Waals surface area contributed by atoms with Gasteiger partial charge in [0.1, 0.15) is 12.4 Å². The lowest BCUT2D eigenvalue weighted by Crippen LogP contribution is -2.05.